The minimum Gasteiger partial charge on any atom is -0.490 e. The molecule has 0 aromatic heterocycles. The highest BCUT2D eigenvalue weighted by molar-refractivity contribution is 5.38. The van der Waals surface area contributed by atoms with Gasteiger partial charge in [0, 0.05) is 10.5 Å². The second-order valence-corrected chi connectivity index (χ2v) is 3.91. The van der Waals surface area contributed by atoms with Crippen LogP contribution < -0.4 is 4.74 Å². The molecule has 2 atom stereocenters. The third-order valence-electron chi connectivity index (χ3n) is 2.67. The van der Waals surface area contributed by atoms with Crippen molar-refractivity contribution in [2.75, 3.05) is 6.54 Å². The van der Waals surface area contributed by atoms with Crippen LogP contribution in [-0.4, -0.2) is 17.6 Å². The van der Waals surface area contributed by atoms with Gasteiger partial charge in [-0.3, -0.25) is 10.1 Å². The molecule has 0 fully saturated rings. The summed E-state index contributed by atoms with van der Waals surface area (Å²) in [6.07, 6.45) is 0.780. The summed E-state index contributed by atoms with van der Waals surface area (Å²) < 4.78 is 5.62. The van der Waals surface area contributed by atoms with Gasteiger partial charge in [-0.05, 0) is 19.4 Å². The second kappa shape index (κ2) is 3.88. The van der Waals surface area contributed by atoms with Gasteiger partial charge in [-0.15, -0.1) is 0 Å². The van der Waals surface area contributed by atoms with E-state index in [1.54, 1.807) is 0 Å². The Morgan fingerprint density at radius 3 is 3.00 bits per heavy atom. The monoisotopic (exact) mass is 207 g/mol. The molecule has 0 saturated heterocycles. The van der Waals surface area contributed by atoms with Crippen molar-refractivity contribution in [1.29, 1.82) is 0 Å². The van der Waals surface area contributed by atoms with Crippen molar-refractivity contribution in [3.63, 3.8) is 0 Å². The summed E-state index contributed by atoms with van der Waals surface area (Å²) in [6.45, 7) is 1.94. The fourth-order valence-electron chi connectivity index (χ4n) is 2.07. The molecule has 0 radical (unpaired) electrons. The average molecular weight is 207 g/mol. The summed E-state index contributed by atoms with van der Waals surface area (Å²) in [4.78, 5) is 10.3. The van der Waals surface area contributed by atoms with Gasteiger partial charge in [0.25, 0.3) is 0 Å². The Kier molecular flexibility index (Phi) is 2.58. The van der Waals surface area contributed by atoms with Crippen molar-refractivity contribution in [3.05, 3.63) is 39.9 Å². The summed E-state index contributed by atoms with van der Waals surface area (Å²) in [5.74, 6) is 0.781. The number of para-hydroxylation sites is 1. The number of benzene rings is 1. The predicted octanol–water partition coefficient (Wildman–Crippen LogP) is 2.22. The van der Waals surface area contributed by atoms with Crippen molar-refractivity contribution < 1.29 is 9.66 Å². The zero-order valence-corrected chi connectivity index (χ0v) is 8.55. The lowest BCUT2D eigenvalue weighted by Crippen LogP contribution is -2.26. The van der Waals surface area contributed by atoms with E-state index in [-0.39, 0.29) is 23.5 Å². The molecular formula is C11H13NO3. The van der Waals surface area contributed by atoms with E-state index in [0.717, 1.165) is 17.7 Å². The summed E-state index contributed by atoms with van der Waals surface area (Å²) >= 11 is 0. The molecule has 0 amide bonds. The smallest absolute Gasteiger partial charge is 0.210 e. The fraction of sp³-hybridized carbons (Fsp3) is 0.455. The van der Waals surface area contributed by atoms with Crippen molar-refractivity contribution in [2.24, 2.45) is 0 Å². The maximum Gasteiger partial charge on any atom is 0.210 e. The molecule has 1 aromatic carbocycles. The molecule has 4 heteroatoms. The number of ether oxygens (including phenoxy) is 1. The van der Waals surface area contributed by atoms with Crippen molar-refractivity contribution in [2.45, 2.75) is 25.4 Å². The Balaban J connectivity index is 2.29. The van der Waals surface area contributed by atoms with Crippen LogP contribution in [0.5, 0.6) is 5.75 Å². The van der Waals surface area contributed by atoms with Crippen LogP contribution in [0.4, 0.5) is 0 Å². The first kappa shape index (κ1) is 9.96. The lowest BCUT2D eigenvalue weighted by atomic mass is 9.90. The standard InChI is InChI=1S/C11H13NO3/c1-8-6-9(7-12(13)14)10-4-2-3-5-11(10)15-8/h2-5,8-9H,6-7H2,1H3/t8-,9-/m0/s1. The fourth-order valence-corrected chi connectivity index (χ4v) is 2.07. The third kappa shape index (κ3) is 2.09. The van der Waals surface area contributed by atoms with Crippen molar-refractivity contribution in [1.82, 2.24) is 0 Å². The van der Waals surface area contributed by atoms with Gasteiger partial charge in [0.05, 0.1) is 12.0 Å². The van der Waals surface area contributed by atoms with E-state index in [9.17, 15) is 10.1 Å². The predicted molar refractivity (Wildman–Crippen MR) is 55.8 cm³/mol. The van der Waals surface area contributed by atoms with Crippen LogP contribution >= 0.6 is 0 Å². The number of nitro groups is 1. The zero-order chi connectivity index (χ0) is 10.8. The van der Waals surface area contributed by atoms with Crippen molar-refractivity contribution in [3.8, 4) is 5.75 Å². The molecule has 1 heterocycles. The summed E-state index contributed by atoms with van der Waals surface area (Å²) in [5.41, 5.74) is 0.965. The lowest BCUT2D eigenvalue weighted by molar-refractivity contribution is -0.484. The summed E-state index contributed by atoms with van der Waals surface area (Å²) in [5, 5.41) is 10.5. The molecule has 15 heavy (non-hydrogen) atoms. The first-order valence-electron chi connectivity index (χ1n) is 5.04. The van der Waals surface area contributed by atoms with E-state index in [1.165, 1.54) is 0 Å². The average Bonchev–Trinajstić information content (AvgIpc) is 2.16. The molecular weight excluding hydrogens is 194 g/mol. The highest BCUT2D eigenvalue weighted by Gasteiger charge is 2.28. The lowest BCUT2D eigenvalue weighted by Gasteiger charge is -2.28. The van der Waals surface area contributed by atoms with E-state index in [1.807, 2.05) is 31.2 Å². The molecule has 0 saturated carbocycles. The van der Waals surface area contributed by atoms with Gasteiger partial charge in [-0.2, -0.15) is 0 Å². The molecule has 1 aliphatic heterocycles. The number of fused-ring (bicyclic) bond motifs is 1. The SMILES string of the molecule is C[C@H]1C[C@@H](C[N+](=O)[O-])c2ccccc2O1. The van der Waals surface area contributed by atoms with Gasteiger partial charge in [0.15, 0.2) is 0 Å². The highest BCUT2D eigenvalue weighted by Crippen LogP contribution is 2.35. The normalized spacial score (nSPS) is 24.1. The molecule has 0 spiro atoms. The minimum absolute atomic E-state index is 0.00921. The van der Waals surface area contributed by atoms with E-state index in [2.05, 4.69) is 0 Å². The number of rotatable bonds is 2. The Morgan fingerprint density at radius 2 is 2.27 bits per heavy atom. The molecule has 80 valence electrons. The minimum atomic E-state index is -0.251. The Bertz CT molecular complexity index is 378. The Labute approximate surface area is 88.0 Å². The van der Waals surface area contributed by atoms with Gasteiger partial charge in [-0.25, -0.2) is 0 Å². The van der Waals surface area contributed by atoms with Gasteiger partial charge in [0.2, 0.25) is 6.54 Å². The molecule has 2 rings (SSSR count). The number of hydrogen-bond acceptors (Lipinski definition) is 3. The van der Waals surface area contributed by atoms with Gasteiger partial charge >= 0.3 is 0 Å². The quantitative estimate of drug-likeness (QED) is 0.552. The van der Waals surface area contributed by atoms with Crippen LogP contribution in [0.1, 0.15) is 24.8 Å². The topological polar surface area (TPSA) is 52.4 Å². The first-order chi connectivity index (χ1) is 7.16. The zero-order valence-electron chi connectivity index (χ0n) is 8.55. The van der Waals surface area contributed by atoms with Gasteiger partial charge in [-0.1, -0.05) is 18.2 Å². The Hall–Kier alpha value is -1.58. The third-order valence-corrected chi connectivity index (χ3v) is 2.67. The maximum atomic E-state index is 10.5. The van der Waals surface area contributed by atoms with E-state index in [4.69, 9.17) is 4.74 Å². The molecule has 4 nitrogen and oxygen atoms in total. The molecule has 0 N–H and O–H groups in total. The van der Waals surface area contributed by atoms with Crippen LogP contribution in [0, 0.1) is 10.1 Å². The molecule has 1 aliphatic rings. The van der Waals surface area contributed by atoms with Crippen molar-refractivity contribution >= 4 is 0 Å². The van der Waals surface area contributed by atoms with Crippen LogP contribution in [0.2, 0.25) is 0 Å². The molecule has 0 unspecified atom stereocenters. The molecule has 0 bridgehead atoms. The van der Waals surface area contributed by atoms with Crippen LogP contribution in [0.15, 0.2) is 24.3 Å². The summed E-state index contributed by atoms with van der Waals surface area (Å²) in [7, 11) is 0. The maximum absolute atomic E-state index is 10.5. The van der Waals surface area contributed by atoms with E-state index in [0.29, 0.717) is 0 Å². The molecule has 0 aliphatic carbocycles. The summed E-state index contributed by atoms with van der Waals surface area (Å²) in [6, 6.07) is 7.57. The van der Waals surface area contributed by atoms with E-state index < -0.39 is 0 Å². The number of nitrogens with zero attached hydrogens (tertiary/aromatic N) is 1. The van der Waals surface area contributed by atoms with Crippen LogP contribution in [0.3, 0.4) is 0 Å². The van der Waals surface area contributed by atoms with Crippen LogP contribution in [0.25, 0.3) is 0 Å². The highest BCUT2D eigenvalue weighted by atomic mass is 16.6. The Morgan fingerprint density at radius 1 is 1.53 bits per heavy atom. The van der Waals surface area contributed by atoms with Crippen LogP contribution in [-0.2, 0) is 0 Å². The first-order valence-corrected chi connectivity index (χ1v) is 5.04. The number of hydrogen-bond donors (Lipinski definition) is 0. The van der Waals surface area contributed by atoms with E-state index >= 15 is 0 Å². The van der Waals surface area contributed by atoms with Gasteiger partial charge in [0.1, 0.15) is 5.75 Å². The second-order valence-electron chi connectivity index (χ2n) is 3.91. The molecule has 1 aromatic rings. The van der Waals surface area contributed by atoms with Gasteiger partial charge < -0.3 is 4.74 Å². The largest absolute Gasteiger partial charge is 0.490 e.